The Balaban J connectivity index is 2.29. The SMILES string of the molecule is Cc1ccc2c(c1)oc1c3ccccc3ccc21. The first-order chi connectivity index (χ1) is 8.83. The maximum absolute atomic E-state index is 6.05. The quantitative estimate of drug-likeness (QED) is 0.413. The third-order valence-electron chi connectivity index (χ3n) is 3.52. The van der Waals surface area contributed by atoms with Gasteiger partial charge in [-0.25, -0.2) is 0 Å². The van der Waals surface area contributed by atoms with Gasteiger partial charge in [0.25, 0.3) is 0 Å². The van der Waals surface area contributed by atoms with Gasteiger partial charge in [-0.05, 0) is 30.0 Å². The second kappa shape index (κ2) is 3.36. The van der Waals surface area contributed by atoms with Crippen molar-refractivity contribution in [3.05, 3.63) is 60.2 Å². The van der Waals surface area contributed by atoms with Crippen molar-refractivity contribution in [2.45, 2.75) is 6.92 Å². The highest BCUT2D eigenvalue weighted by Crippen LogP contribution is 2.34. The number of fused-ring (bicyclic) bond motifs is 5. The summed E-state index contributed by atoms with van der Waals surface area (Å²) in [7, 11) is 0. The number of furan rings is 1. The van der Waals surface area contributed by atoms with Crippen LogP contribution in [0.15, 0.2) is 59.0 Å². The highest BCUT2D eigenvalue weighted by molar-refractivity contribution is 6.14. The molecule has 0 aliphatic heterocycles. The molecule has 1 aromatic heterocycles. The van der Waals surface area contributed by atoms with Crippen molar-refractivity contribution in [3.63, 3.8) is 0 Å². The van der Waals surface area contributed by atoms with Crippen LogP contribution in [-0.2, 0) is 0 Å². The molecule has 0 aliphatic carbocycles. The molecule has 3 aromatic carbocycles. The minimum Gasteiger partial charge on any atom is -0.455 e. The van der Waals surface area contributed by atoms with E-state index in [2.05, 4.69) is 61.5 Å². The lowest BCUT2D eigenvalue weighted by molar-refractivity contribution is 0.672. The minimum absolute atomic E-state index is 0.973. The van der Waals surface area contributed by atoms with Gasteiger partial charge >= 0.3 is 0 Å². The minimum atomic E-state index is 0.973. The number of aryl methyl sites for hydroxylation is 1. The molecule has 0 aliphatic rings. The standard InChI is InChI=1S/C17H12O/c1-11-6-8-14-15-9-7-12-4-2-3-5-13(12)17(15)18-16(14)10-11/h2-10H,1H3. The van der Waals surface area contributed by atoms with Crippen molar-refractivity contribution in [1.29, 1.82) is 0 Å². The topological polar surface area (TPSA) is 13.1 Å². The first-order valence-corrected chi connectivity index (χ1v) is 6.13. The van der Waals surface area contributed by atoms with Gasteiger partial charge in [-0.15, -0.1) is 0 Å². The van der Waals surface area contributed by atoms with Gasteiger partial charge in [0.05, 0.1) is 0 Å². The van der Waals surface area contributed by atoms with Crippen LogP contribution in [0.4, 0.5) is 0 Å². The van der Waals surface area contributed by atoms with Crippen LogP contribution in [0.25, 0.3) is 32.7 Å². The summed E-state index contributed by atoms with van der Waals surface area (Å²) in [6, 6.07) is 19.0. The van der Waals surface area contributed by atoms with E-state index >= 15 is 0 Å². The Morgan fingerprint density at radius 1 is 0.778 bits per heavy atom. The fraction of sp³-hybridized carbons (Fsp3) is 0.0588. The first-order valence-electron chi connectivity index (χ1n) is 6.13. The largest absolute Gasteiger partial charge is 0.455 e. The molecular formula is C17H12O. The fourth-order valence-electron chi connectivity index (χ4n) is 2.61. The molecule has 0 amide bonds. The lowest BCUT2D eigenvalue weighted by atomic mass is 10.1. The number of hydrogen-bond donors (Lipinski definition) is 0. The van der Waals surface area contributed by atoms with Crippen LogP contribution in [0, 0.1) is 6.92 Å². The summed E-state index contributed by atoms with van der Waals surface area (Å²) in [5.41, 5.74) is 3.20. The predicted molar refractivity (Wildman–Crippen MR) is 76.0 cm³/mol. The Hall–Kier alpha value is -2.28. The van der Waals surface area contributed by atoms with E-state index in [4.69, 9.17) is 4.42 Å². The second-order valence-electron chi connectivity index (χ2n) is 4.77. The second-order valence-corrected chi connectivity index (χ2v) is 4.77. The van der Waals surface area contributed by atoms with Gasteiger partial charge in [0.1, 0.15) is 11.2 Å². The van der Waals surface area contributed by atoms with Gasteiger partial charge in [-0.1, -0.05) is 42.5 Å². The van der Waals surface area contributed by atoms with Crippen LogP contribution in [0.3, 0.4) is 0 Å². The molecule has 1 heteroatoms. The van der Waals surface area contributed by atoms with Gasteiger partial charge < -0.3 is 4.42 Å². The Kier molecular flexibility index (Phi) is 1.81. The molecule has 0 atom stereocenters. The molecule has 0 radical (unpaired) electrons. The van der Waals surface area contributed by atoms with Crippen molar-refractivity contribution >= 4 is 32.7 Å². The van der Waals surface area contributed by atoms with Crippen LogP contribution in [-0.4, -0.2) is 0 Å². The van der Waals surface area contributed by atoms with Crippen LogP contribution in [0.5, 0.6) is 0 Å². The van der Waals surface area contributed by atoms with Gasteiger partial charge in [-0.3, -0.25) is 0 Å². The Labute approximate surface area is 105 Å². The molecular weight excluding hydrogens is 220 g/mol. The molecule has 0 N–H and O–H groups in total. The molecule has 1 heterocycles. The molecule has 4 rings (SSSR count). The zero-order chi connectivity index (χ0) is 12.1. The van der Waals surface area contributed by atoms with Gasteiger partial charge in [0, 0.05) is 16.2 Å². The molecule has 1 nitrogen and oxygen atoms in total. The van der Waals surface area contributed by atoms with Crippen molar-refractivity contribution in [3.8, 4) is 0 Å². The number of hydrogen-bond acceptors (Lipinski definition) is 1. The average molecular weight is 232 g/mol. The van der Waals surface area contributed by atoms with Crippen molar-refractivity contribution in [2.75, 3.05) is 0 Å². The van der Waals surface area contributed by atoms with Crippen molar-refractivity contribution in [1.82, 2.24) is 0 Å². The summed E-state index contributed by atoms with van der Waals surface area (Å²) < 4.78 is 6.05. The van der Waals surface area contributed by atoms with Gasteiger partial charge in [0.15, 0.2) is 0 Å². The normalized spacial score (nSPS) is 11.6. The van der Waals surface area contributed by atoms with Crippen molar-refractivity contribution in [2.24, 2.45) is 0 Å². The molecule has 0 saturated carbocycles. The summed E-state index contributed by atoms with van der Waals surface area (Å²) in [6.07, 6.45) is 0. The third-order valence-corrected chi connectivity index (χ3v) is 3.52. The molecule has 0 spiro atoms. The summed E-state index contributed by atoms with van der Waals surface area (Å²) in [4.78, 5) is 0. The maximum Gasteiger partial charge on any atom is 0.143 e. The Morgan fingerprint density at radius 3 is 2.56 bits per heavy atom. The summed E-state index contributed by atoms with van der Waals surface area (Å²) in [6.45, 7) is 2.09. The fourth-order valence-corrected chi connectivity index (χ4v) is 2.61. The lowest BCUT2D eigenvalue weighted by Gasteiger charge is -1.97. The Bertz CT molecular complexity index is 884. The van der Waals surface area contributed by atoms with Gasteiger partial charge in [0.2, 0.25) is 0 Å². The summed E-state index contributed by atoms with van der Waals surface area (Å²) in [5, 5.41) is 4.80. The van der Waals surface area contributed by atoms with E-state index in [1.165, 1.54) is 27.1 Å². The highest BCUT2D eigenvalue weighted by atomic mass is 16.3. The van der Waals surface area contributed by atoms with Crippen molar-refractivity contribution < 1.29 is 4.42 Å². The van der Waals surface area contributed by atoms with E-state index in [1.54, 1.807) is 0 Å². The average Bonchev–Trinajstić information content (AvgIpc) is 2.76. The summed E-state index contributed by atoms with van der Waals surface area (Å²) in [5.74, 6) is 0. The van der Waals surface area contributed by atoms with Gasteiger partial charge in [-0.2, -0.15) is 0 Å². The van der Waals surface area contributed by atoms with E-state index < -0.39 is 0 Å². The van der Waals surface area contributed by atoms with Crippen LogP contribution in [0.1, 0.15) is 5.56 Å². The predicted octanol–water partition coefficient (Wildman–Crippen LogP) is 5.05. The summed E-state index contributed by atoms with van der Waals surface area (Å²) >= 11 is 0. The van der Waals surface area contributed by atoms with Crippen LogP contribution >= 0.6 is 0 Å². The number of benzene rings is 3. The lowest BCUT2D eigenvalue weighted by Crippen LogP contribution is -1.72. The van der Waals surface area contributed by atoms with E-state index in [-0.39, 0.29) is 0 Å². The third kappa shape index (κ3) is 1.22. The van der Waals surface area contributed by atoms with E-state index in [0.29, 0.717) is 0 Å². The first kappa shape index (κ1) is 9.72. The zero-order valence-corrected chi connectivity index (χ0v) is 10.1. The van der Waals surface area contributed by atoms with E-state index in [9.17, 15) is 0 Å². The van der Waals surface area contributed by atoms with Crippen LogP contribution in [0.2, 0.25) is 0 Å². The Morgan fingerprint density at radius 2 is 1.61 bits per heavy atom. The molecule has 0 fully saturated rings. The molecule has 0 bridgehead atoms. The zero-order valence-electron chi connectivity index (χ0n) is 10.1. The smallest absolute Gasteiger partial charge is 0.143 e. The van der Waals surface area contributed by atoms with E-state index in [1.807, 2.05) is 0 Å². The molecule has 86 valence electrons. The molecule has 4 aromatic rings. The molecule has 0 saturated heterocycles. The monoisotopic (exact) mass is 232 g/mol. The number of rotatable bonds is 0. The maximum atomic E-state index is 6.05. The van der Waals surface area contributed by atoms with Crippen LogP contribution < -0.4 is 0 Å². The molecule has 18 heavy (non-hydrogen) atoms. The molecule has 0 unspecified atom stereocenters. The highest BCUT2D eigenvalue weighted by Gasteiger charge is 2.09. The van der Waals surface area contributed by atoms with E-state index in [0.717, 1.165) is 11.2 Å².